The van der Waals surface area contributed by atoms with Crippen LogP contribution in [0.4, 0.5) is 0 Å². The van der Waals surface area contributed by atoms with Crippen molar-refractivity contribution < 1.29 is 4.74 Å². The lowest BCUT2D eigenvalue weighted by Crippen LogP contribution is -2.00. The smallest absolute Gasteiger partial charge is 0.231 e. The van der Waals surface area contributed by atoms with E-state index in [9.17, 15) is 0 Å². The maximum absolute atomic E-state index is 6.19. The average Bonchev–Trinajstić information content (AvgIpc) is 2.93. The van der Waals surface area contributed by atoms with E-state index in [1.807, 2.05) is 30.4 Å². The van der Waals surface area contributed by atoms with Crippen molar-refractivity contribution >= 4 is 21.6 Å². The number of benzene rings is 1. The van der Waals surface area contributed by atoms with E-state index >= 15 is 0 Å². The van der Waals surface area contributed by atoms with Gasteiger partial charge >= 0.3 is 0 Å². The van der Waals surface area contributed by atoms with Gasteiger partial charge in [0, 0.05) is 4.88 Å². The zero-order chi connectivity index (χ0) is 16.7. The van der Waals surface area contributed by atoms with Crippen LogP contribution in [0.15, 0.2) is 24.3 Å². The number of fused-ring (bicyclic) bond motifs is 3. The van der Waals surface area contributed by atoms with E-state index in [0.717, 1.165) is 34.6 Å². The van der Waals surface area contributed by atoms with Crippen LogP contribution in [0.25, 0.3) is 10.2 Å². The summed E-state index contributed by atoms with van der Waals surface area (Å²) in [6, 6.07) is 8.34. The van der Waals surface area contributed by atoms with Crippen molar-refractivity contribution in [3.05, 3.63) is 46.1 Å². The van der Waals surface area contributed by atoms with Crippen molar-refractivity contribution in [2.24, 2.45) is 0 Å². The standard InChI is InChI=1S/C20H22N2OS/c1-12(2)14-8-10-15(11-9-14)23-19-18-16-6-4-5-7-17(16)24-20(18)22-13(3)21-19/h8-12H,4-7H2,1-3H3. The fourth-order valence-electron chi connectivity index (χ4n) is 3.33. The van der Waals surface area contributed by atoms with Crippen molar-refractivity contribution in [3.8, 4) is 11.6 Å². The molecule has 0 unspecified atom stereocenters. The quantitative estimate of drug-likeness (QED) is 0.606. The van der Waals surface area contributed by atoms with Crippen LogP contribution in [-0.2, 0) is 12.8 Å². The third kappa shape index (κ3) is 2.80. The van der Waals surface area contributed by atoms with Crippen LogP contribution in [0.5, 0.6) is 11.6 Å². The predicted molar refractivity (Wildman–Crippen MR) is 99.4 cm³/mol. The summed E-state index contributed by atoms with van der Waals surface area (Å²) in [5.41, 5.74) is 2.73. The van der Waals surface area contributed by atoms with Crippen LogP contribution >= 0.6 is 11.3 Å². The average molecular weight is 338 g/mol. The number of ether oxygens (including phenoxy) is 1. The Balaban J connectivity index is 1.76. The highest BCUT2D eigenvalue weighted by Crippen LogP contribution is 2.40. The Morgan fingerprint density at radius 2 is 1.79 bits per heavy atom. The summed E-state index contributed by atoms with van der Waals surface area (Å²) >= 11 is 1.81. The SMILES string of the molecule is Cc1nc(Oc2ccc(C(C)C)cc2)c2c3c(sc2n1)CCCC3. The van der Waals surface area contributed by atoms with Gasteiger partial charge in [0.15, 0.2) is 0 Å². The number of aryl methyl sites for hydroxylation is 3. The molecular weight excluding hydrogens is 316 g/mol. The summed E-state index contributed by atoms with van der Waals surface area (Å²) in [5, 5.41) is 1.13. The second-order valence-corrected chi connectivity index (χ2v) is 7.88. The topological polar surface area (TPSA) is 35.0 Å². The molecule has 24 heavy (non-hydrogen) atoms. The second kappa shape index (κ2) is 6.17. The zero-order valence-corrected chi connectivity index (χ0v) is 15.2. The molecule has 0 atom stereocenters. The van der Waals surface area contributed by atoms with Crippen LogP contribution in [0.1, 0.15) is 54.4 Å². The third-order valence-corrected chi connectivity index (χ3v) is 5.84. The lowest BCUT2D eigenvalue weighted by Gasteiger charge is -2.13. The number of rotatable bonds is 3. The number of thiophene rings is 1. The van der Waals surface area contributed by atoms with Gasteiger partial charge in [0.05, 0.1) is 5.39 Å². The first-order valence-corrected chi connectivity index (χ1v) is 9.50. The minimum Gasteiger partial charge on any atom is -0.438 e. The molecule has 0 amide bonds. The summed E-state index contributed by atoms with van der Waals surface area (Å²) < 4.78 is 6.19. The first-order chi connectivity index (χ1) is 11.6. The Kier molecular flexibility index (Phi) is 4.01. The number of hydrogen-bond donors (Lipinski definition) is 0. The fraction of sp³-hybridized carbons (Fsp3) is 0.400. The van der Waals surface area contributed by atoms with Crippen LogP contribution < -0.4 is 4.74 Å². The number of nitrogens with zero attached hydrogens (tertiary/aromatic N) is 2. The van der Waals surface area contributed by atoms with Gasteiger partial charge in [-0.25, -0.2) is 4.98 Å². The van der Waals surface area contributed by atoms with Gasteiger partial charge in [0.2, 0.25) is 5.88 Å². The summed E-state index contributed by atoms with van der Waals surface area (Å²) in [6.45, 7) is 6.34. The van der Waals surface area contributed by atoms with Gasteiger partial charge < -0.3 is 4.74 Å². The molecular formula is C20H22N2OS. The molecule has 0 N–H and O–H groups in total. The van der Waals surface area contributed by atoms with Gasteiger partial charge in [0.1, 0.15) is 16.4 Å². The molecule has 1 aliphatic carbocycles. The van der Waals surface area contributed by atoms with Crippen LogP contribution in [0.2, 0.25) is 0 Å². The molecule has 4 rings (SSSR count). The van der Waals surface area contributed by atoms with E-state index in [-0.39, 0.29) is 0 Å². The molecule has 1 aromatic carbocycles. The Morgan fingerprint density at radius 1 is 1.04 bits per heavy atom. The van der Waals surface area contributed by atoms with E-state index in [0.29, 0.717) is 11.8 Å². The normalized spacial score (nSPS) is 14.2. The molecule has 2 aromatic heterocycles. The van der Waals surface area contributed by atoms with Crippen LogP contribution in [0, 0.1) is 6.92 Å². The first kappa shape index (κ1) is 15.6. The molecule has 0 spiro atoms. The van der Waals surface area contributed by atoms with Gasteiger partial charge in [-0.1, -0.05) is 26.0 Å². The minimum absolute atomic E-state index is 0.524. The molecule has 3 aromatic rings. The van der Waals surface area contributed by atoms with Gasteiger partial charge in [0.25, 0.3) is 0 Å². The van der Waals surface area contributed by atoms with Gasteiger partial charge in [-0.2, -0.15) is 4.98 Å². The van der Waals surface area contributed by atoms with Crippen molar-refractivity contribution in [2.45, 2.75) is 52.4 Å². The molecule has 0 bridgehead atoms. The van der Waals surface area contributed by atoms with Crippen molar-refractivity contribution in [2.75, 3.05) is 0 Å². The van der Waals surface area contributed by atoms with Crippen LogP contribution in [0.3, 0.4) is 0 Å². The van der Waals surface area contributed by atoms with Gasteiger partial charge in [-0.05, 0) is 61.8 Å². The van der Waals surface area contributed by atoms with E-state index < -0.39 is 0 Å². The summed E-state index contributed by atoms with van der Waals surface area (Å²) in [5.74, 6) is 2.86. The summed E-state index contributed by atoms with van der Waals surface area (Å²) in [4.78, 5) is 11.8. The molecule has 2 heterocycles. The lowest BCUT2D eigenvalue weighted by molar-refractivity contribution is 0.466. The van der Waals surface area contributed by atoms with Gasteiger partial charge in [-0.3, -0.25) is 0 Å². The third-order valence-electron chi connectivity index (χ3n) is 4.65. The maximum atomic E-state index is 6.19. The Morgan fingerprint density at radius 3 is 2.54 bits per heavy atom. The maximum Gasteiger partial charge on any atom is 0.231 e. The molecule has 124 valence electrons. The highest BCUT2D eigenvalue weighted by Gasteiger charge is 2.21. The molecule has 0 aliphatic heterocycles. The number of hydrogen-bond acceptors (Lipinski definition) is 4. The lowest BCUT2D eigenvalue weighted by atomic mass is 9.97. The molecule has 0 fully saturated rings. The Labute approximate surface area is 146 Å². The molecule has 3 nitrogen and oxygen atoms in total. The van der Waals surface area contributed by atoms with Crippen molar-refractivity contribution in [3.63, 3.8) is 0 Å². The first-order valence-electron chi connectivity index (χ1n) is 8.68. The van der Waals surface area contributed by atoms with E-state index in [1.54, 1.807) is 0 Å². The highest BCUT2D eigenvalue weighted by atomic mass is 32.1. The largest absolute Gasteiger partial charge is 0.438 e. The summed E-state index contributed by atoms with van der Waals surface area (Å²) in [7, 11) is 0. The van der Waals surface area contributed by atoms with Gasteiger partial charge in [-0.15, -0.1) is 11.3 Å². The monoisotopic (exact) mass is 338 g/mol. The summed E-state index contributed by atoms with van der Waals surface area (Å²) in [6.07, 6.45) is 4.80. The fourth-order valence-corrected chi connectivity index (χ4v) is 4.63. The molecule has 0 saturated heterocycles. The Hall–Kier alpha value is -1.94. The van der Waals surface area contributed by atoms with Crippen molar-refractivity contribution in [1.82, 2.24) is 9.97 Å². The Bertz CT molecular complexity index is 881. The zero-order valence-electron chi connectivity index (χ0n) is 14.4. The minimum atomic E-state index is 0.524. The van der Waals surface area contributed by atoms with Crippen molar-refractivity contribution in [1.29, 1.82) is 0 Å². The van der Waals surface area contributed by atoms with E-state index in [1.165, 1.54) is 28.8 Å². The van der Waals surface area contributed by atoms with E-state index in [2.05, 4.69) is 35.9 Å². The molecule has 4 heteroatoms. The predicted octanol–water partition coefficient (Wildman–Crippen LogP) is 5.79. The molecule has 0 radical (unpaired) electrons. The molecule has 1 aliphatic rings. The molecule has 0 saturated carbocycles. The van der Waals surface area contributed by atoms with Crippen LogP contribution in [-0.4, -0.2) is 9.97 Å². The second-order valence-electron chi connectivity index (χ2n) is 6.79. The van der Waals surface area contributed by atoms with E-state index in [4.69, 9.17) is 4.74 Å². The highest BCUT2D eigenvalue weighted by molar-refractivity contribution is 7.18. The number of aromatic nitrogens is 2.